The molecule has 80 valence electrons. The van der Waals surface area contributed by atoms with E-state index in [1.54, 1.807) is 0 Å². The summed E-state index contributed by atoms with van der Waals surface area (Å²) in [4.78, 5) is 5.00. The van der Waals surface area contributed by atoms with Crippen LogP contribution in [0.4, 0.5) is 13.2 Å². The van der Waals surface area contributed by atoms with Gasteiger partial charge in [0.25, 0.3) is 0 Å². The lowest BCUT2D eigenvalue weighted by Gasteiger charge is -2.23. The lowest BCUT2D eigenvalue weighted by molar-refractivity contribution is -0.0927. The third-order valence-corrected chi connectivity index (χ3v) is 2.06. The average Bonchev–Trinajstić information content (AvgIpc) is 2.44. The van der Waals surface area contributed by atoms with E-state index in [-0.39, 0.29) is 11.7 Å². The maximum Gasteiger partial charge on any atom is 0.433 e. The summed E-state index contributed by atoms with van der Waals surface area (Å²) >= 11 is 0. The fraction of sp³-hybridized carbons (Fsp3) is 0.222. The van der Waals surface area contributed by atoms with Gasteiger partial charge in [-0.3, -0.25) is 0 Å². The number of aliphatic imine (C=N–C) groups is 1. The molecule has 2 aliphatic heterocycles. The Balaban J connectivity index is 2.37. The van der Waals surface area contributed by atoms with Crippen molar-refractivity contribution in [2.24, 2.45) is 4.99 Å². The van der Waals surface area contributed by atoms with Gasteiger partial charge in [0.2, 0.25) is 5.96 Å². The first-order chi connectivity index (χ1) is 6.88. The minimum absolute atomic E-state index is 0.139. The molecule has 0 radical (unpaired) electrons. The second-order valence-electron chi connectivity index (χ2n) is 3.27. The van der Waals surface area contributed by atoms with Crippen LogP contribution in [0.25, 0.3) is 0 Å². The van der Waals surface area contributed by atoms with Crippen LogP contribution in [0.3, 0.4) is 0 Å². The van der Waals surface area contributed by atoms with Crippen molar-refractivity contribution in [2.75, 3.05) is 6.54 Å². The molecule has 0 spiro atoms. The van der Waals surface area contributed by atoms with Crippen LogP contribution in [0.2, 0.25) is 0 Å². The normalized spacial score (nSPS) is 20.9. The van der Waals surface area contributed by atoms with Crippen molar-refractivity contribution in [1.29, 1.82) is 0 Å². The standard InChI is InChI=1S/C9H8F3N3/c1-5-4-15-6(2)3-7(9(10,11)12)14-8(15)13-5/h3H,1-2,4H2,(H,13,14). The first-order valence-corrected chi connectivity index (χ1v) is 4.17. The molecule has 15 heavy (non-hydrogen) atoms. The molecule has 0 aliphatic carbocycles. The summed E-state index contributed by atoms with van der Waals surface area (Å²) in [5, 5.41) is 2.67. The number of guanidine groups is 1. The summed E-state index contributed by atoms with van der Waals surface area (Å²) in [6, 6.07) is 0. The smallest absolute Gasteiger partial charge is 0.328 e. The molecule has 6 heteroatoms. The number of fused-ring (bicyclic) bond motifs is 1. The van der Waals surface area contributed by atoms with Crippen molar-refractivity contribution in [3.8, 4) is 0 Å². The highest BCUT2D eigenvalue weighted by molar-refractivity contribution is 5.88. The molecular formula is C9H8F3N3. The van der Waals surface area contributed by atoms with Crippen molar-refractivity contribution in [3.63, 3.8) is 0 Å². The largest absolute Gasteiger partial charge is 0.433 e. The summed E-state index contributed by atoms with van der Waals surface area (Å²) < 4.78 is 37.2. The summed E-state index contributed by atoms with van der Waals surface area (Å²) in [6.45, 7) is 7.57. The van der Waals surface area contributed by atoms with Gasteiger partial charge >= 0.3 is 6.18 Å². The van der Waals surface area contributed by atoms with Gasteiger partial charge in [0.15, 0.2) is 0 Å². The number of allylic oxidation sites excluding steroid dienone is 2. The Kier molecular flexibility index (Phi) is 1.89. The molecule has 3 nitrogen and oxygen atoms in total. The van der Waals surface area contributed by atoms with Gasteiger partial charge < -0.3 is 10.2 Å². The SMILES string of the molecule is C=C1CN2C(=C)C=C(C(F)(F)F)N=C2N1. The summed E-state index contributed by atoms with van der Waals surface area (Å²) in [5.41, 5.74) is -0.0776. The molecule has 0 aromatic rings. The lowest BCUT2D eigenvalue weighted by atomic mass is 10.3. The van der Waals surface area contributed by atoms with Crippen LogP contribution in [-0.4, -0.2) is 23.6 Å². The van der Waals surface area contributed by atoms with Gasteiger partial charge in [0.1, 0.15) is 5.70 Å². The highest BCUT2D eigenvalue weighted by atomic mass is 19.4. The Morgan fingerprint density at radius 2 is 2.07 bits per heavy atom. The molecule has 0 aromatic carbocycles. The van der Waals surface area contributed by atoms with Crippen LogP contribution in [0.1, 0.15) is 0 Å². The van der Waals surface area contributed by atoms with Crippen molar-refractivity contribution >= 4 is 5.96 Å². The van der Waals surface area contributed by atoms with Crippen LogP contribution in [0.5, 0.6) is 0 Å². The molecular weight excluding hydrogens is 207 g/mol. The number of nitrogens with one attached hydrogen (secondary N) is 1. The van der Waals surface area contributed by atoms with Crippen LogP contribution < -0.4 is 5.32 Å². The Bertz CT molecular complexity index is 403. The van der Waals surface area contributed by atoms with E-state index in [4.69, 9.17) is 0 Å². The van der Waals surface area contributed by atoms with Crippen LogP contribution >= 0.6 is 0 Å². The zero-order valence-electron chi connectivity index (χ0n) is 7.73. The van der Waals surface area contributed by atoms with Gasteiger partial charge in [0, 0.05) is 11.4 Å². The van der Waals surface area contributed by atoms with E-state index in [1.165, 1.54) is 4.90 Å². The molecule has 1 fully saturated rings. The Labute approximate surface area is 84.3 Å². The van der Waals surface area contributed by atoms with Gasteiger partial charge in [0.05, 0.1) is 6.54 Å². The van der Waals surface area contributed by atoms with Gasteiger partial charge in [-0.05, 0) is 6.08 Å². The predicted molar refractivity (Wildman–Crippen MR) is 49.7 cm³/mol. The fourth-order valence-corrected chi connectivity index (χ4v) is 1.38. The maximum absolute atomic E-state index is 12.4. The average molecular weight is 215 g/mol. The van der Waals surface area contributed by atoms with E-state index >= 15 is 0 Å². The van der Waals surface area contributed by atoms with Gasteiger partial charge in [-0.1, -0.05) is 13.2 Å². The van der Waals surface area contributed by atoms with Crippen molar-refractivity contribution in [2.45, 2.75) is 6.18 Å². The minimum Gasteiger partial charge on any atom is -0.328 e. The number of hydrogen-bond donors (Lipinski definition) is 1. The van der Waals surface area contributed by atoms with Crippen molar-refractivity contribution in [3.05, 3.63) is 36.3 Å². The Morgan fingerprint density at radius 1 is 1.40 bits per heavy atom. The Morgan fingerprint density at radius 3 is 2.67 bits per heavy atom. The van der Waals surface area contributed by atoms with Gasteiger partial charge in [-0.2, -0.15) is 13.2 Å². The van der Waals surface area contributed by atoms with Gasteiger partial charge in [-0.25, -0.2) is 4.99 Å². The monoisotopic (exact) mass is 215 g/mol. The number of alkyl halides is 3. The zero-order chi connectivity index (χ0) is 11.2. The first kappa shape index (κ1) is 9.82. The third-order valence-electron chi connectivity index (χ3n) is 2.06. The third kappa shape index (κ3) is 1.62. The molecule has 0 aromatic heterocycles. The molecule has 2 aliphatic rings. The molecule has 0 bridgehead atoms. The summed E-state index contributed by atoms with van der Waals surface area (Å²) in [5.74, 6) is 0.139. The molecule has 0 saturated carbocycles. The zero-order valence-corrected chi connectivity index (χ0v) is 7.73. The lowest BCUT2D eigenvalue weighted by Crippen LogP contribution is -2.33. The predicted octanol–water partition coefficient (Wildman–Crippen LogP) is 1.73. The number of halogens is 3. The summed E-state index contributed by atoms with van der Waals surface area (Å²) in [7, 11) is 0. The molecule has 2 heterocycles. The van der Waals surface area contributed by atoms with E-state index in [2.05, 4.69) is 23.5 Å². The molecule has 1 saturated heterocycles. The van der Waals surface area contributed by atoms with E-state index in [0.717, 1.165) is 6.08 Å². The molecule has 0 amide bonds. The quantitative estimate of drug-likeness (QED) is 0.666. The summed E-state index contributed by atoms with van der Waals surface area (Å²) in [6.07, 6.45) is -3.53. The fourth-order valence-electron chi connectivity index (χ4n) is 1.38. The topological polar surface area (TPSA) is 27.6 Å². The van der Waals surface area contributed by atoms with E-state index < -0.39 is 11.9 Å². The minimum atomic E-state index is -4.45. The Hall–Kier alpha value is -1.72. The molecule has 2 rings (SSSR count). The van der Waals surface area contributed by atoms with E-state index in [0.29, 0.717) is 12.2 Å². The highest BCUT2D eigenvalue weighted by Gasteiger charge is 2.38. The number of nitrogens with zero attached hydrogens (tertiary/aromatic N) is 2. The molecule has 1 N–H and O–H groups in total. The van der Waals surface area contributed by atoms with E-state index in [1.807, 2.05) is 0 Å². The van der Waals surface area contributed by atoms with Gasteiger partial charge in [-0.15, -0.1) is 0 Å². The molecule has 0 atom stereocenters. The second kappa shape index (κ2) is 2.88. The highest BCUT2D eigenvalue weighted by Crippen LogP contribution is 2.31. The maximum atomic E-state index is 12.4. The second-order valence-corrected chi connectivity index (χ2v) is 3.27. The number of hydrogen-bond acceptors (Lipinski definition) is 3. The number of rotatable bonds is 0. The van der Waals surface area contributed by atoms with Crippen molar-refractivity contribution in [1.82, 2.24) is 10.2 Å². The van der Waals surface area contributed by atoms with Crippen LogP contribution in [0, 0.1) is 0 Å². The van der Waals surface area contributed by atoms with Crippen LogP contribution in [0.15, 0.2) is 41.3 Å². The first-order valence-electron chi connectivity index (χ1n) is 4.17. The van der Waals surface area contributed by atoms with E-state index in [9.17, 15) is 13.2 Å². The molecule has 0 unspecified atom stereocenters. The van der Waals surface area contributed by atoms with Crippen molar-refractivity contribution < 1.29 is 13.2 Å². The van der Waals surface area contributed by atoms with Crippen LogP contribution in [-0.2, 0) is 0 Å².